The van der Waals surface area contributed by atoms with Crippen LogP contribution in [0, 0.1) is 6.92 Å². The maximum Gasteiger partial charge on any atom is 0.122 e. The molecule has 1 heteroatoms. The Morgan fingerprint density at radius 1 is 1.31 bits per heavy atom. The van der Waals surface area contributed by atoms with Crippen LogP contribution in [0.5, 0.6) is 5.75 Å². The number of aryl methyl sites for hydroxylation is 1. The van der Waals surface area contributed by atoms with Crippen molar-refractivity contribution in [3.63, 3.8) is 0 Å². The first kappa shape index (κ1) is 12.8. The first-order chi connectivity index (χ1) is 7.70. The van der Waals surface area contributed by atoms with Crippen molar-refractivity contribution in [2.24, 2.45) is 0 Å². The Bertz CT molecular complexity index is 352. The SMILES string of the molecule is CC/C=C\CC(C)c1c(C)cccc1OC. The Labute approximate surface area is 99.1 Å². The quantitative estimate of drug-likeness (QED) is 0.663. The van der Waals surface area contributed by atoms with Crippen molar-refractivity contribution < 1.29 is 4.74 Å². The third-order valence-corrected chi connectivity index (χ3v) is 2.89. The van der Waals surface area contributed by atoms with Crippen LogP contribution in [0.3, 0.4) is 0 Å². The van der Waals surface area contributed by atoms with Crippen LogP contribution >= 0.6 is 0 Å². The second kappa shape index (κ2) is 6.37. The van der Waals surface area contributed by atoms with Gasteiger partial charge in [-0.25, -0.2) is 0 Å². The summed E-state index contributed by atoms with van der Waals surface area (Å²) in [4.78, 5) is 0. The average molecular weight is 218 g/mol. The molecule has 0 fully saturated rings. The summed E-state index contributed by atoms with van der Waals surface area (Å²) in [5.41, 5.74) is 2.66. The number of methoxy groups -OCH3 is 1. The van der Waals surface area contributed by atoms with Gasteiger partial charge in [0.05, 0.1) is 7.11 Å². The number of allylic oxidation sites excluding steroid dienone is 2. The molecule has 1 nitrogen and oxygen atoms in total. The molecule has 0 spiro atoms. The van der Waals surface area contributed by atoms with Gasteiger partial charge in [-0.05, 0) is 37.3 Å². The van der Waals surface area contributed by atoms with Gasteiger partial charge in [-0.1, -0.05) is 38.1 Å². The summed E-state index contributed by atoms with van der Waals surface area (Å²) >= 11 is 0. The van der Waals surface area contributed by atoms with Crippen molar-refractivity contribution in [2.75, 3.05) is 7.11 Å². The molecule has 1 atom stereocenters. The van der Waals surface area contributed by atoms with Gasteiger partial charge in [-0.15, -0.1) is 0 Å². The van der Waals surface area contributed by atoms with Gasteiger partial charge in [0.2, 0.25) is 0 Å². The fourth-order valence-corrected chi connectivity index (χ4v) is 2.05. The van der Waals surface area contributed by atoms with Crippen molar-refractivity contribution in [3.05, 3.63) is 41.5 Å². The Morgan fingerprint density at radius 2 is 2.06 bits per heavy atom. The normalized spacial score (nSPS) is 13.0. The van der Waals surface area contributed by atoms with Crippen molar-refractivity contribution in [1.29, 1.82) is 0 Å². The van der Waals surface area contributed by atoms with E-state index in [1.165, 1.54) is 11.1 Å². The summed E-state index contributed by atoms with van der Waals surface area (Å²) in [6.45, 7) is 6.57. The zero-order valence-electron chi connectivity index (χ0n) is 10.8. The van der Waals surface area contributed by atoms with Gasteiger partial charge in [0.25, 0.3) is 0 Å². The molecule has 16 heavy (non-hydrogen) atoms. The molecule has 0 aliphatic rings. The lowest BCUT2D eigenvalue weighted by Crippen LogP contribution is -1.99. The highest BCUT2D eigenvalue weighted by Crippen LogP contribution is 2.31. The Kier molecular flexibility index (Phi) is 5.10. The molecule has 1 aromatic carbocycles. The van der Waals surface area contributed by atoms with E-state index in [2.05, 4.69) is 39.0 Å². The summed E-state index contributed by atoms with van der Waals surface area (Å²) in [7, 11) is 1.74. The monoisotopic (exact) mass is 218 g/mol. The van der Waals surface area contributed by atoms with Crippen LogP contribution in [0.2, 0.25) is 0 Å². The van der Waals surface area contributed by atoms with Crippen molar-refractivity contribution in [1.82, 2.24) is 0 Å². The van der Waals surface area contributed by atoms with E-state index in [-0.39, 0.29) is 0 Å². The van der Waals surface area contributed by atoms with E-state index in [1.54, 1.807) is 7.11 Å². The van der Waals surface area contributed by atoms with Crippen LogP contribution < -0.4 is 4.74 Å². The van der Waals surface area contributed by atoms with E-state index in [9.17, 15) is 0 Å². The Balaban J connectivity index is 2.88. The van der Waals surface area contributed by atoms with Crippen molar-refractivity contribution >= 4 is 0 Å². The summed E-state index contributed by atoms with van der Waals surface area (Å²) in [6.07, 6.45) is 6.67. The van der Waals surface area contributed by atoms with Gasteiger partial charge in [-0.3, -0.25) is 0 Å². The molecule has 0 saturated carbocycles. The standard InChI is InChI=1S/C15H22O/c1-5-6-7-9-12(2)15-13(3)10-8-11-14(15)16-4/h6-8,10-12H,5,9H2,1-4H3/b7-6-. The van der Waals surface area contributed by atoms with Crippen LogP contribution in [0.4, 0.5) is 0 Å². The molecule has 0 heterocycles. The van der Waals surface area contributed by atoms with Crippen molar-refractivity contribution in [3.8, 4) is 5.75 Å². The molecule has 0 aromatic heterocycles. The van der Waals surface area contributed by atoms with Crippen LogP contribution in [-0.4, -0.2) is 7.11 Å². The number of hydrogen-bond donors (Lipinski definition) is 0. The zero-order chi connectivity index (χ0) is 12.0. The van der Waals surface area contributed by atoms with Crippen LogP contribution in [0.25, 0.3) is 0 Å². The summed E-state index contributed by atoms with van der Waals surface area (Å²) in [6, 6.07) is 6.24. The highest BCUT2D eigenvalue weighted by Gasteiger charge is 2.12. The lowest BCUT2D eigenvalue weighted by Gasteiger charge is -2.16. The fourth-order valence-electron chi connectivity index (χ4n) is 2.05. The van der Waals surface area contributed by atoms with Crippen LogP contribution in [-0.2, 0) is 0 Å². The largest absolute Gasteiger partial charge is 0.496 e. The predicted molar refractivity (Wildman–Crippen MR) is 70.2 cm³/mol. The molecule has 0 radical (unpaired) electrons. The topological polar surface area (TPSA) is 9.23 Å². The Morgan fingerprint density at radius 3 is 2.69 bits per heavy atom. The number of hydrogen-bond acceptors (Lipinski definition) is 1. The molecule has 0 aliphatic heterocycles. The number of benzene rings is 1. The van der Waals surface area contributed by atoms with E-state index in [0.29, 0.717) is 5.92 Å². The third kappa shape index (κ3) is 3.13. The zero-order valence-corrected chi connectivity index (χ0v) is 10.8. The highest BCUT2D eigenvalue weighted by molar-refractivity contribution is 5.42. The van der Waals surface area contributed by atoms with Crippen molar-refractivity contribution in [2.45, 2.75) is 39.5 Å². The van der Waals surface area contributed by atoms with Gasteiger partial charge in [0.15, 0.2) is 0 Å². The molecule has 1 rings (SSSR count). The van der Waals surface area contributed by atoms with E-state index in [1.807, 2.05) is 12.1 Å². The smallest absolute Gasteiger partial charge is 0.122 e. The number of ether oxygens (including phenoxy) is 1. The van der Waals surface area contributed by atoms with Gasteiger partial charge in [0.1, 0.15) is 5.75 Å². The molecule has 1 aromatic rings. The fraction of sp³-hybridized carbons (Fsp3) is 0.467. The van der Waals surface area contributed by atoms with Gasteiger partial charge < -0.3 is 4.74 Å². The second-order valence-electron chi connectivity index (χ2n) is 4.21. The average Bonchev–Trinajstić information content (AvgIpc) is 2.28. The minimum Gasteiger partial charge on any atom is -0.496 e. The lowest BCUT2D eigenvalue weighted by molar-refractivity contribution is 0.406. The van der Waals surface area contributed by atoms with Gasteiger partial charge in [0, 0.05) is 5.56 Å². The maximum atomic E-state index is 5.43. The maximum absolute atomic E-state index is 5.43. The van der Waals surface area contributed by atoms with E-state index < -0.39 is 0 Å². The molecule has 1 unspecified atom stereocenters. The minimum absolute atomic E-state index is 0.513. The van der Waals surface area contributed by atoms with E-state index in [0.717, 1.165) is 18.6 Å². The lowest BCUT2D eigenvalue weighted by atomic mass is 9.92. The highest BCUT2D eigenvalue weighted by atomic mass is 16.5. The molecule has 0 amide bonds. The molecular weight excluding hydrogens is 196 g/mol. The molecule has 0 aliphatic carbocycles. The molecule has 0 N–H and O–H groups in total. The minimum atomic E-state index is 0.513. The predicted octanol–water partition coefficient (Wildman–Crippen LogP) is 4.46. The summed E-state index contributed by atoms with van der Waals surface area (Å²) < 4.78 is 5.43. The molecule has 0 saturated heterocycles. The van der Waals surface area contributed by atoms with Crippen LogP contribution in [0.1, 0.15) is 43.7 Å². The number of rotatable bonds is 5. The van der Waals surface area contributed by atoms with Gasteiger partial charge >= 0.3 is 0 Å². The molecule has 88 valence electrons. The second-order valence-corrected chi connectivity index (χ2v) is 4.21. The third-order valence-electron chi connectivity index (χ3n) is 2.89. The molecule has 0 bridgehead atoms. The van der Waals surface area contributed by atoms with Crippen LogP contribution in [0.15, 0.2) is 30.4 Å². The first-order valence-electron chi connectivity index (χ1n) is 5.99. The van der Waals surface area contributed by atoms with Gasteiger partial charge in [-0.2, -0.15) is 0 Å². The molecular formula is C15H22O. The first-order valence-corrected chi connectivity index (χ1v) is 5.99. The summed E-state index contributed by atoms with van der Waals surface area (Å²) in [5, 5.41) is 0. The van der Waals surface area contributed by atoms with E-state index >= 15 is 0 Å². The Hall–Kier alpha value is -1.24. The van der Waals surface area contributed by atoms with E-state index in [4.69, 9.17) is 4.74 Å². The summed E-state index contributed by atoms with van der Waals surface area (Å²) in [5.74, 6) is 1.52.